The second kappa shape index (κ2) is 5.53. The van der Waals surface area contributed by atoms with Crippen LogP contribution in [-0.2, 0) is 21.2 Å². The van der Waals surface area contributed by atoms with Gasteiger partial charge in [0.1, 0.15) is 12.4 Å². The van der Waals surface area contributed by atoms with Crippen LogP contribution in [0.1, 0.15) is 0 Å². The lowest BCUT2D eigenvalue weighted by atomic mass is 10.3. The fourth-order valence-electron chi connectivity index (χ4n) is 2.27. The Morgan fingerprint density at radius 1 is 1.33 bits per heavy atom. The molecule has 2 rings (SSSR count). The van der Waals surface area contributed by atoms with Gasteiger partial charge in [-0.05, 0) is 7.05 Å². The quantitative estimate of drug-likeness (QED) is 0.703. The van der Waals surface area contributed by atoms with Crippen LogP contribution in [0.25, 0.3) is 0 Å². The summed E-state index contributed by atoms with van der Waals surface area (Å²) in [4.78, 5) is 14.7. The molecule has 1 aliphatic heterocycles. The van der Waals surface area contributed by atoms with Gasteiger partial charge in [0.2, 0.25) is 0 Å². The van der Waals surface area contributed by atoms with E-state index in [4.69, 9.17) is 10.8 Å². The molecule has 1 fully saturated rings. The van der Waals surface area contributed by atoms with Crippen molar-refractivity contribution in [2.24, 2.45) is 0 Å². The molecular formula is C11H19N5O4S. The molecule has 21 heavy (non-hydrogen) atoms. The molecule has 1 saturated heterocycles. The van der Waals surface area contributed by atoms with Gasteiger partial charge in [-0.25, -0.2) is 13.1 Å². The Morgan fingerprint density at radius 3 is 2.38 bits per heavy atom. The maximum atomic E-state index is 12.0. The zero-order chi connectivity index (χ0) is 15.8. The van der Waals surface area contributed by atoms with Gasteiger partial charge in [0.15, 0.2) is 20.6 Å². The number of piperazine rings is 1. The number of aromatic nitrogens is 2. The number of nitrogens with two attached hydrogens (primary N) is 1. The zero-order valence-corrected chi connectivity index (χ0v) is 12.8. The van der Waals surface area contributed by atoms with Gasteiger partial charge in [0.05, 0.1) is 0 Å². The summed E-state index contributed by atoms with van der Waals surface area (Å²) in [6, 6.07) is 0. The molecule has 10 heteroatoms. The van der Waals surface area contributed by atoms with Gasteiger partial charge in [0, 0.05) is 32.4 Å². The second-order valence-electron chi connectivity index (χ2n) is 5.15. The Balaban J connectivity index is 2.46. The number of anilines is 2. The maximum absolute atomic E-state index is 12.0. The average Bonchev–Trinajstić information content (AvgIpc) is 2.66. The highest BCUT2D eigenvalue weighted by Crippen LogP contribution is 2.30. The minimum absolute atomic E-state index is 0.0895. The number of carbonyl (C=O) groups is 1. The van der Waals surface area contributed by atoms with Crippen molar-refractivity contribution in [3.05, 3.63) is 0 Å². The van der Waals surface area contributed by atoms with Crippen LogP contribution in [0.15, 0.2) is 4.90 Å². The Morgan fingerprint density at radius 2 is 1.90 bits per heavy atom. The summed E-state index contributed by atoms with van der Waals surface area (Å²) >= 11 is 0. The van der Waals surface area contributed by atoms with Gasteiger partial charge < -0.3 is 20.6 Å². The summed E-state index contributed by atoms with van der Waals surface area (Å²) in [6.07, 6.45) is 1.05. The molecule has 3 N–H and O–H groups in total. The minimum Gasteiger partial charge on any atom is -0.480 e. The van der Waals surface area contributed by atoms with Crippen LogP contribution in [0.5, 0.6) is 0 Å². The Kier molecular flexibility index (Phi) is 4.10. The van der Waals surface area contributed by atoms with E-state index in [0.29, 0.717) is 13.1 Å². The second-order valence-corrected chi connectivity index (χ2v) is 7.10. The molecule has 1 aliphatic rings. The monoisotopic (exact) mass is 317 g/mol. The van der Waals surface area contributed by atoms with E-state index in [1.165, 1.54) is 0 Å². The first-order valence-corrected chi connectivity index (χ1v) is 8.31. The Labute approximate surface area is 122 Å². The number of rotatable bonds is 4. The molecular weight excluding hydrogens is 298 g/mol. The van der Waals surface area contributed by atoms with E-state index >= 15 is 0 Å². The molecule has 9 nitrogen and oxygen atoms in total. The molecule has 0 radical (unpaired) electrons. The smallest absolute Gasteiger partial charge is 0.325 e. The topological polar surface area (TPSA) is 122 Å². The number of sulfone groups is 1. The van der Waals surface area contributed by atoms with Crippen molar-refractivity contribution in [3.8, 4) is 0 Å². The summed E-state index contributed by atoms with van der Waals surface area (Å²) in [6.45, 7) is 2.30. The lowest BCUT2D eigenvalue weighted by Gasteiger charge is -2.32. The average molecular weight is 317 g/mol. The van der Waals surface area contributed by atoms with E-state index in [9.17, 15) is 13.2 Å². The molecule has 0 unspecified atom stereocenters. The first-order chi connectivity index (χ1) is 9.70. The molecule has 0 amide bonds. The molecule has 0 bridgehead atoms. The molecule has 0 aliphatic carbocycles. The summed E-state index contributed by atoms with van der Waals surface area (Å²) in [5.74, 6) is -1.02. The van der Waals surface area contributed by atoms with E-state index in [1.807, 2.05) is 11.9 Å². The summed E-state index contributed by atoms with van der Waals surface area (Å²) < 4.78 is 24.9. The molecule has 118 valence electrons. The number of hydrogen-bond donors (Lipinski definition) is 2. The van der Waals surface area contributed by atoms with Crippen LogP contribution in [0, 0.1) is 0 Å². The highest BCUT2D eigenvalue weighted by Gasteiger charge is 2.29. The lowest BCUT2D eigenvalue weighted by Crippen LogP contribution is -2.45. The van der Waals surface area contributed by atoms with Gasteiger partial charge in [-0.15, -0.1) is 0 Å². The van der Waals surface area contributed by atoms with Crippen molar-refractivity contribution in [1.29, 1.82) is 0 Å². The number of likely N-dealkylation sites (N-methyl/N-ethyl adjacent to an activating group) is 1. The summed E-state index contributed by atoms with van der Waals surface area (Å²) in [7, 11) is -1.62. The van der Waals surface area contributed by atoms with E-state index in [2.05, 4.69) is 10.00 Å². The third kappa shape index (κ3) is 3.27. The molecule has 1 aromatic rings. The maximum Gasteiger partial charge on any atom is 0.325 e. The van der Waals surface area contributed by atoms with Crippen molar-refractivity contribution >= 4 is 27.4 Å². The van der Waals surface area contributed by atoms with Gasteiger partial charge >= 0.3 is 5.97 Å². The molecule has 0 aromatic carbocycles. The van der Waals surface area contributed by atoms with Gasteiger partial charge in [0.25, 0.3) is 0 Å². The Hall–Kier alpha value is -1.81. The molecule has 2 heterocycles. The van der Waals surface area contributed by atoms with Crippen LogP contribution in [0.4, 0.5) is 11.6 Å². The normalized spacial score (nSPS) is 17.1. The predicted molar refractivity (Wildman–Crippen MR) is 77.1 cm³/mol. The first kappa shape index (κ1) is 15.6. The first-order valence-electron chi connectivity index (χ1n) is 6.41. The number of nitrogens with zero attached hydrogens (tertiary/aromatic N) is 4. The fraction of sp³-hybridized carbons (Fsp3) is 0.636. The number of aliphatic carboxylic acids is 1. The highest BCUT2D eigenvalue weighted by molar-refractivity contribution is 7.91. The van der Waals surface area contributed by atoms with Crippen LogP contribution in [0.2, 0.25) is 0 Å². The van der Waals surface area contributed by atoms with E-state index in [0.717, 1.165) is 24.0 Å². The minimum atomic E-state index is -3.60. The number of carboxylic acids is 1. The van der Waals surface area contributed by atoms with Crippen LogP contribution in [-0.4, -0.2) is 73.7 Å². The molecule has 0 atom stereocenters. The number of carboxylic acid groups (broad SMARTS) is 1. The summed E-state index contributed by atoms with van der Waals surface area (Å²) in [5, 5.41) is 13.0. The van der Waals surface area contributed by atoms with E-state index in [-0.39, 0.29) is 16.5 Å². The van der Waals surface area contributed by atoms with Crippen molar-refractivity contribution in [1.82, 2.24) is 14.7 Å². The van der Waals surface area contributed by atoms with Gasteiger partial charge in [-0.1, -0.05) is 0 Å². The third-order valence-corrected chi connectivity index (χ3v) is 4.52. The van der Waals surface area contributed by atoms with Crippen LogP contribution < -0.4 is 10.6 Å². The molecule has 0 spiro atoms. The van der Waals surface area contributed by atoms with Crippen LogP contribution >= 0.6 is 0 Å². The lowest BCUT2D eigenvalue weighted by molar-refractivity contribution is -0.137. The van der Waals surface area contributed by atoms with E-state index in [1.54, 1.807) is 0 Å². The van der Waals surface area contributed by atoms with Gasteiger partial charge in [-0.2, -0.15) is 5.10 Å². The van der Waals surface area contributed by atoms with Crippen molar-refractivity contribution in [2.75, 3.05) is 50.1 Å². The standard InChI is InChI=1S/C11H19N5O4S/c1-14-3-5-15(6-4-14)11-9(21(2,19)20)10(12)16(13-11)7-8(17)18/h3-7,12H2,1-2H3,(H,17,18). The largest absolute Gasteiger partial charge is 0.480 e. The SMILES string of the molecule is CN1CCN(c2nn(CC(=O)O)c(N)c2S(C)(=O)=O)CC1. The van der Waals surface area contributed by atoms with E-state index < -0.39 is 22.4 Å². The number of nitrogen functional groups attached to an aromatic ring is 1. The van der Waals surface area contributed by atoms with Crippen LogP contribution in [0.3, 0.4) is 0 Å². The predicted octanol–water partition coefficient (Wildman–Crippen LogP) is -1.29. The van der Waals surface area contributed by atoms with Crippen molar-refractivity contribution in [3.63, 3.8) is 0 Å². The number of hydrogen-bond acceptors (Lipinski definition) is 7. The molecule has 1 aromatic heterocycles. The summed E-state index contributed by atoms with van der Waals surface area (Å²) in [5.41, 5.74) is 5.79. The highest BCUT2D eigenvalue weighted by atomic mass is 32.2. The zero-order valence-electron chi connectivity index (χ0n) is 12.0. The van der Waals surface area contributed by atoms with Gasteiger partial charge in [-0.3, -0.25) is 4.79 Å². The molecule has 0 saturated carbocycles. The van der Waals surface area contributed by atoms with Crippen molar-refractivity contribution < 1.29 is 18.3 Å². The fourth-order valence-corrected chi connectivity index (χ4v) is 3.26. The third-order valence-electron chi connectivity index (χ3n) is 3.39. The van der Waals surface area contributed by atoms with Crippen molar-refractivity contribution in [2.45, 2.75) is 11.4 Å². The Bertz CT molecular complexity index is 646.